The van der Waals surface area contributed by atoms with Crippen molar-refractivity contribution in [2.24, 2.45) is 0 Å². The van der Waals surface area contributed by atoms with Crippen molar-refractivity contribution in [3.05, 3.63) is 52.0 Å². The Hall–Kier alpha value is -1.72. The van der Waals surface area contributed by atoms with E-state index in [1.165, 1.54) is 11.3 Å². The van der Waals surface area contributed by atoms with Crippen LogP contribution in [0.3, 0.4) is 0 Å². The number of benzene rings is 1. The molecule has 94 valence electrons. The minimum atomic E-state index is -0.181. The fourth-order valence-corrected chi connectivity index (χ4v) is 2.26. The van der Waals surface area contributed by atoms with Gasteiger partial charge in [-0.2, -0.15) is 0 Å². The first-order chi connectivity index (χ1) is 8.79. The van der Waals surface area contributed by atoms with Crippen molar-refractivity contribution in [2.45, 2.75) is 13.0 Å². The van der Waals surface area contributed by atoms with Crippen molar-refractivity contribution < 1.29 is 9.90 Å². The van der Waals surface area contributed by atoms with E-state index in [1.807, 2.05) is 30.3 Å². The summed E-state index contributed by atoms with van der Waals surface area (Å²) in [7, 11) is 0. The largest absolute Gasteiger partial charge is 0.396 e. The zero-order valence-corrected chi connectivity index (χ0v) is 10.6. The summed E-state index contributed by atoms with van der Waals surface area (Å²) in [5.74, 6) is -0.181. The van der Waals surface area contributed by atoms with Crippen LogP contribution in [0.5, 0.6) is 0 Å². The first-order valence-electron chi connectivity index (χ1n) is 5.67. The van der Waals surface area contributed by atoms with Gasteiger partial charge in [-0.25, -0.2) is 4.98 Å². The maximum atomic E-state index is 11.8. The zero-order valence-electron chi connectivity index (χ0n) is 9.80. The molecule has 2 rings (SSSR count). The highest BCUT2D eigenvalue weighted by Crippen LogP contribution is 2.10. The van der Waals surface area contributed by atoms with Gasteiger partial charge < -0.3 is 10.4 Å². The predicted octanol–water partition coefficient (Wildman–Crippen LogP) is 1.61. The Morgan fingerprint density at radius 3 is 2.83 bits per heavy atom. The molecule has 0 saturated heterocycles. The Balaban J connectivity index is 1.91. The van der Waals surface area contributed by atoms with Gasteiger partial charge in [-0.15, -0.1) is 11.3 Å². The highest BCUT2D eigenvalue weighted by molar-refractivity contribution is 7.09. The van der Waals surface area contributed by atoms with Crippen LogP contribution in [0.4, 0.5) is 0 Å². The Kier molecular flexibility index (Phi) is 4.44. The Morgan fingerprint density at radius 1 is 1.33 bits per heavy atom. The fraction of sp³-hybridized carbons (Fsp3) is 0.231. The molecule has 0 saturated carbocycles. The number of carbonyl (C=O) groups excluding carboxylic acids is 1. The molecule has 0 radical (unpaired) electrons. The summed E-state index contributed by atoms with van der Waals surface area (Å²) in [6, 6.07) is 9.72. The molecule has 1 aromatic carbocycles. The summed E-state index contributed by atoms with van der Waals surface area (Å²) in [5.41, 5.74) is 1.47. The summed E-state index contributed by atoms with van der Waals surface area (Å²) in [4.78, 5) is 16.0. The van der Waals surface area contributed by atoms with Gasteiger partial charge in [0.2, 0.25) is 0 Å². The number of aliphatic hydroxyl groups excluding tert-OH is 1. The summed E-state index contributed by atoms with van der Waals surface area (Å²) in [6.07, 6.45) is 0.497. The first kappa shape index (κ1) is 12.7. The van der Waals surface area contributed by atoms with Crippen LogP contribution < -0.4 is 5.32 Å². The number of aromatic nitrogens is 1. The van der Waals surface area contributed by atoms with Crippen LogP contribution in [0, 0.1) is 0 Å². The minimum Gasteiger partial charge on any atom is -0.396 e. The minimum absolute atomic E-state index is 0.0542. The monoisotopic (exact) mass is 262 g/mol. The number of hydrogen-bond donors (Lipinski definition) is 2. The van der Waals surface area contributed by atoms with Crippen molar-refractivity contribution in [3.63, 3.8) is 0 Å². The molecule has 0 spiro atoms. The van der Waals surface area contributed by atoms with E-state index in [0.717, 1.165) is 10.6 Å². The SMILES string of the molecule is O=C(NCc1ccccc1)c1csc(CCO)n1. The van der Waals surface area contributed by atoms with Crippen LogP contribution in [-0.4, -0.2) is 22.6 Å². The summed E-state index contributed by atoms with van der Waals surface area (Å²) >= 11 is 1.39. The zero-order chi connectivity index (χ0) is 12.8. The number of aliphatic hydroxyl groups is 1. The molecule has 4 nitrogen and oxygen atoms in total. The third-order valence-corrected chi connectivity index (χ3v) is 3.31. The maximum absolute atomic E-state index is 11.8. The van der Waals surface area contributed by atoms with Gasteiger partial charge >= 0.3 is 0 Å². The topological polar surface area (TPSA) is 62.2 Å². The van der Waals surface area contributed by atoms with Crippen molar-refractivity contribution in [2.75, 3.05) is 6.61 Å². The lowest BCUT2D eigenvalue weighted by Gasteiger charge is -2.02. The van der Waals surface area contributed by atoms with Crippen LogP contribution in [0.25, 0.3) is 0 Å². The molecule has 0 aliphatic carbocycles. The molecule has 0 unspecified atom stereocenters. The lowest BCUT2D eigenvalue weighted by Crippen LogP contribution is -2.23. The molecule has 1 aromatic heterocycles. The van der Waals surface area contributed by atoms with Crippen LogP contribution in [0.2, 0.25) is 0 Å². The van der Waals surface area contributed by atoms with Crippen LogP contribution in [-0.2, 0) is 13.0 Å². The van der Waals surface area contributed by atoms with Crippen molar-refractivity contribution in [1.29, 1.82) is 0 Å². The van der Waals surface area contributed by atoms with Crippen molar-refractivity contribution in [1.82, 2.24) is 10.3 Å². The van der Waals surface area contributed by atoms with E-state index in [0.29, 0.717) is 18.7 Å². The van der Waals surface area contributed by atoms with Gasteiger partial charge in [-0.1, -0.05) is 30.3 Å². The van der Waals surface area contributed by atoms with Crippen LogP contribution in [0.15, 0.2) is 35.7 Å². The van der Waals surface area contributed by atoms with Gasteiger partial charge in [-0.3, -0.25) is 4.79 Å². The molecule has 0 fully saturated rings. The van der Waals surface area contributed by atoms with E-state index in [1.54, 1.807) is 5.38 Å². The van der Waals surface area contributed by atoms with Gasteiger partial charge in [0.05, 0.1) is 5.01 Å². The molecule has 18 heavy (non-hydrogen) atoms. The molecule has 0 bridgehead atoms. The van der Waals surface area contributed by atoms with E-state index in [4.69, 9.17) is 5.11 Å². The second-order valence-corrected chi connectivity index (χ2v) is 4.71. The maximum Gasteiger partial charge on any atom is 0.271 e. The number of nitrogens with one attached hydrogen (secondary N) is 1. The lowest BCUT2D eigenvalue weighted by molar-refractivity contribution is 0.0946. The van der Waals surface area contributed by atoms with Gasteiger partial charge in [-0.05, 0) is 5.56 Å². The Labute approximate surface area is 109 Å². The smallest absolute Gasteiger partial charge is 0.271 e. The van der Waals surface area contributed by atoms with Crippen molar-refractivity contribution in [3.8, 4) is 0 Å². The molecule has 1 heterocycles. The van der Waals surface area contributed by atoms with Gasteiger partial charge in [0.1, 0.15) is 5.69 Å². The molecular formula is C13H14N2O2S. The fourth-order valence-electron chi connectivity index (χ4n) is 1.49. The van der Waals surface area contributed by atoms with Crippen molar-refractivity contribution >= 4 is 17.2 Å². The van der Waals surface area contributed by atoms with E-state index in [2.05, 4.69) is 10.3 Å². The first-order valence-corrected chi connectivity index (χ1v) is 6.55. The second-order valence-electron chi connectivity index (χ2n) is 3.77. The molecule has 0 aliphatic heterocycles. The standard InChI is InChI=1S/C13H14N2O2S/c16-7-6-12-15-11(9-18-12)13(17)14-8-10-4-2-1-3-5-10/h1-5,9,16H,6-8H2,(H,14,17). The molecule has 0 aliphatic rings. The Bertz CT molecular complexity index is 511. The van der Waals surface area contributed by atoms with Crippen LogP contribution in [0.1, 0.15) is 21.1 Å². The van der Waals surface area contributed by atoms with Gasteiger partial charge in [0.15, 0.2) is 0 Å². The average molecular weight is 262 g/mol. The summed E-state index contributed by atoms with van der Waals surface area (Å²) in [6.45, 7) is 0.547. The summed E-state index contributed by atoms with van der Waals surface area (Å²) in [5, 5.41) is 14.1. The molecule has 0 atom stereocenters. The third-order valence-electron chi connectivity index (χ3n) is 2.41. The number of rotatable bonds is 5. The van der Waals surface area contributed by atoms with E-state index in [9.17, 15) is 4.79 Å². The number of hydrogen-bond acceptors (Lipinski definition) is 4. The lowest BCUT2D eigenvalue weighted by atomic mass is 10.2. The predicted molar refractivity (Wildman–Crippen MR) is 70.5 cm³/mol. The molecule has 2 aromatic rings. The van der Waals surface area contributed by atoms with E-state index >= 15 is 0 Å². The van der Waals surface area contributed by atoms with E-state index in [-0.39, 0.29) is 12.5 Å². The third kappa shape index (κ3) is 3.38. The molecule has 5 heteroatoms. The van der Waals surface area contributed by atoms with E-state index < -0.39 is 0 Å². The van der Waals surface area contributed by atoms with Gasteiger partial charge in [0, 0.05) is 25.0 Å². The number of nitrogens with zero attached hydrogens (tertiary/aromatic N) is 1. The normalized spacial score (nSPS) is 10.3. The molecule has 2 N–H and O–H groups in total. The molecular weight excluding hydrogens is 248 g/mol. The number of amides is 1. The highest BCUT2D eigenvalue weighted by atomic mass is 32.1. The second kappa shape index (κ2) is 6.28. The summed E-state index contributed by atoms with van der Waals surface area (Å²) < 4.78 is 0. The average Bonchev–Trinajstić information content (AvgIpc) is 2.86. The van der Waals surface area contributed by atoms with Gasteiger partial charge in [0.25, 0.3) is 5.91 Å². The number of thiazole rings is 1. The van der Waals surface area contributed by atoms with Crippen LogP contribution >= 0.6 is 11.3 Å². The molecule has 1 amide bonds. The Morgan fingerprint density at radius 2 is 2.11 bits per heavy atom. The number of carbonyl (C=O) groups is 1. The highest BCUT2D eigenvalue weighted by Gasteiger charge is 2.09. The quantitative estimate of drug-likeness (QED) is 0.860.